The number of ketones is 1. The van der Waals surface area contributed by atoms with Crippen LogP contribution in [0.3, 0.4) is 0 Å². The van der Waals surface area contributed by atoms with E-state index in [2.05, 4.69) is 34.7 Å². The molecule has 6 rings (SSSR count). The predicted octanol–water partition coefficient (Wildman–Crippen LogP) is 6.00. The Bertz CT molecular complexity index is 1600. The highest BCUT2D eigenvalue weighted by Crippen LogP contribution is 2.43. The van der Waals surface area contributed by atoms with Gasteiger partial charge in [-0.1, -0.05) is 12.1 Å². The number of aryl methyl sites for hydroxylation is 1. The highest BCUT2D eigenvalue weighted by atomic mass is 16.5. The maximum absolute atomic E-state index is 13.5. The lowest BCUT2D eigenvalue weighted by Gasteiger charge is -2.30. The van der Waals surface area contributed by atoms with Gasteiger partial charge in [-0.15, -0.1) is 0 Å². The van der Waals surface area contributed by atoms with Crippen LogP contribution in [-0.2, 0) is 19.5 Å². The number of methoxy groups -OCH3 is 2. The summed E-state index contributed by atoms with van der Waals surface area (Å²) in [4.78, 5) is 15.8. The molecule has 0 spiro atoms. The number of allylic oxidation sites excluding steroid dienone is 1. The first-order chi connectivity index (χ1) is 19.0. The Kier molecular flexibility index (Phi) is 6.53. The number of hydrogen-bond acceptors (Lipinski definition) is 6. The maximum atomic E-state index is 13.5. The van der Waals surface area contributed by atoms with E-state index in [0.29, 0.717) is 23.8 Å². The van der Waals surface area contributed by atoms with E-state index in [0.717, 1.165) is 70.9 Å². The standard InChI is InChI=1S/C32H32N2O5/c1-5-34-18-22(26-16-25(37-4)10-11-28(26)34)15-29-30(35)27-14-23-17-33(19-38-31(23)20(2)32(27)39-29)13-12-21-6-8-24(36-3)9-7-21/h6-11,14-16,18H,5,12-13,17,19H2,1-4H3/b29-15-. The number of rotatable bonds is 7. The van der Waals surface area contributed by atoms with E-state index in [4.69, 9.17) is 18.9 Å². The van der Waals surface area contributed by atoms with Gasteiger partial charge in [-0.2, -0.15) is 0 Å². The van der Waals surface area contributed by atoms with Crippen LogP contribution >= 0.6 is 0 Å². The lowest BCUT2D eigenvalue weighted by molar-refractivity contribution is 0.0954. The van der Waals surface area contributed by atoms with Gasteiger partial charge in [0, 0.05) is 53.4 Å². The third-order valence-corrected chi connectivity index (χ3v) is 7.62. The monoisotopic (exact) mass is 524 g/mol. The van der Waals surface area contributed by atoms with Crippen LogP contribution in [0.1, 0.15) is 39.5 Å². The second-order valence-corrected chi connectivity index (χ2v) is 9.98. The van der Waals surface area contributed by atoms with E-state index in [1.165, 1.54) is 5.56 Å². The number of Topliss-reactive ketones (excluding diaryl/α,β-unsaturated/α-hetero) is 1. The van der Waals surface area contributed by atoms with Crippen molar-refractivity contribution < 1.29 is 23.7 Å². The summed E-state index contributed by atoms with van der Waals surface area (Å²) in [5, 5.41) is 1.02. The van der Waals surface area contributed by atoms with Crippen LogP contribution in [0.5, 0.6) is 23.0 Å². The molecule has 0 saturated carbocycles. The van der Waals surface area contributed by atoms with E-state index >= 15 is 0 Å². The van der Waals surface area contributed by atoms with Gasteiger partial charge in [0.2, 0.25) is 5.78 Å². The van der Waals surface area contributed by atoms with Crippen molar-refractivity contribution in [3.63, 3.8) is 0 Å². The second-order valence-electron chi connectivity index (χ2n) is 9.98. The van der Waals surface area contributed by atoms with Gasteiger partial charge in [0.25, 0.3) is 0 Å². The van der Waals surface area contributed by atoms with Crippen LogP contribution in [-0.4, -0.2) is 42.7 Å². The molecule has 0 atom stereocenters. The fourth-order valence-electron chi connectivity index (χ4n) is 5.47. The Labute approximate surface area is 228 Å². The molecular weight excluding hydrogens is 492 g/mol. The fourth-order valence-corrected chi connectivity index (χ4v) is 5.47. The molecule has 1 aromatic heterocycles. The molecule has 2 aliphatic rings. The number of carbonyl (C=O) groups is 1. The summed E-state index contributed by atoms with van der Waals surface area (Å²) in [7, 11) is 3.33. The summed E-state index contributed by atoms with van der Waals surface area (Å²) in [6.07, 6.45) is 4.80. The average Bonchev–Trinajstić information content (AvgIpc) is 3.48. The molecule has 0 saturated heterocycles. The minimum Gasteiger partial charge on any atom is -0.497 e. The van der Waals surface area contributed by atoms with Gasteiger partial charge in [-0.05, 0) is 68.3 Å². The number of carbonyl (C=O) groups excluding carboxylic acids is 1. The highest BCUT2D eigenvalue weighted by molar-refractivity contribution is 6.15. The van der Waals surface area contributed by atoms with Gasteiger partial charge in [0.15, 0.2) is 5.76 Å². The number of benzene rings is 3. The van der Waals surface area contributed by atoms with Crippen molar-refractivity contribution >= 4 is 22.8 Å². The van der Waals surface area contributed by atoms with Gasteiger partial charge in [0.1, 0.15) is 29.7 Å². The van der Waals surface area contributed by atoms with E-state index in [1.54, 1.807) is 14.2 Å². The first-order valence-corrected chi connectivity index (χ1v) is 13.2. The van der Waals surface area contributed by atoms with Crippen LogP contribution in [0.4, 0.5) is 0 Å². The zero-order chi connectivity index (χ0) is 27.1. The third kappa shape index (κ3) is 4.53. The Morgan fingerprint density at radius 3 is 2.51 bits per heavy atom. The van der Waals surface area contributed by atoms with Gasteiger partial charge < -0.3 is 23.5 Å². The molecule has 7 nitrogen and oxygen atoms in total. The van der Waals surface area contributed by atoms with Crippen molar-refractivity contribution in [1.82, 2.24) is 9.47 Å². The second kappa shape index (κ2) is 10.2. The van der Waals surface area contributed by atoms with Gasteiger partial charge in [-0.25, -0.2) is 0 Å². The van der Waals surface area contributed by atoms with Crippen LogP contribution in [0, 0.1) is 6.92 Å². The summed E-state index contributed by atoms with van der Waals surface area (Å²) >= 11 is 0. The quantitative estimate of drug-likeness (QED) is 0.277. The summed E-state index contributed by atoms with van der Waals surface area (Å²) in [6.45, 7) is 6.95. The molecule has 0 aliphatic carbocycles. The van der Waals surface area contributed by atoms with E-state index in [9.17, 15) is 4.79 Å². The van der Waals surface area contributed by atoms with Gasteiger partial charge >= 0.3 is 0 Å². The number of aromatic nitrogens is 1. The average molecular weight is 525 g/mol. The Balaban J connectivity index is 1.25. The molecule has 3 aromatic carbocycles. The topological polar surface area (TPSA) is 62.2 Å². The summed E-state index contributed by atoms with van der Waals surface area (Å²) in [5.74, 6) is 3.25. The first-order valence-electron chi connectivity index (χ1n) is 13.2. The van der Waals surface area contributed by atoms with Crippen LogP contribution in [0.25, 0.3) is 17.0 Å². The zero-order valence-electron chi connectivity index (χ0n) is 22.7. The molecule has 39 heavy (non-hydrogen) atoms. The third-order valence-electron chi connectivity index (χ3n) is 7.62. The molecule has 0 bridgehead atoms. The lowest BCUT2D eigenvalue weighted by atomic mass is 9.99. The minimum absolute atomic E-state index is 0.105. The Morgan fingerprint density at radius 1 is 1.00 bits per heavy atom. The number of fused-ring (bicyclic) bond motifs is 3. The largest absolute Gasteiger partial charge is 0.497 e. The smallest absolute Gasteiger partial charge is 0.231 e. The number of ether oxygens (including phenoxy) is 4. The molecule has 3 heterocycles. The van der Waals surface area contributed by atoms with Crippen molar-refractivity contribution in [2.24, 2.45) is 0 Å². The van der Waals surface area contributed by atoms with Crippen LogP contribution in [0.2, 0.25) is 0 Å². The molecular formula is C32H32N2O5. The molecule has 0 amide bonds. The van der Waals surface area contributed by atoms with E-state index in [-0.39, 0.29) is 5.78 Å². The lowest BCUT2D eigenvalue weighted by Crippen LogP contribution is -2.34. The molecule has 2 aliphatic heterocycles. The molecule has 200 valence electrons. The first kappa shape index (κ1) is 25.1. The Morgan fingerprint density at radius 2 is 1.77 bits per heavy atom. The maximum Gasteiger partial charge on any atom is 0.231 e. The van der Waals surface area contributed by atoms with Gasteiger partial charge in [-0.3, -0.25) is 9.69 Å². The zero-order valence-corrected chi connectivity index (χ0v) is 22.7. The SMILES string of the molecule is CCn1cc(/C=C2\Oc3c(cc4c(c3C)OCN(CCc3ccc(OC)cc3)C4)C2=O)c2cc(OC)ccc21. The normalized spacial score (nSPS) is 15.7. The Hall–Kier alpha value is -4.23. The molecule has 4 aromatic rings. The molecule has 0 radical (unpaired) electrons. The summed E-state index contributed by atoms with van der Waals surface area (Å²) in [5.41, 5.74) is 5.72. The number of hydrogen-bond donors (Lipinski definition) is 0. The van der Waals surface area contributed by atoms with E-state index < -0.39 is 0 Å². The highest BCUT2D eigenvalue weighted by Gasteiger charge is 2.33. The molecule has 0 unspecified atom stereocenters. The molecule has 0 fully saturated rings. The van der Waals surface area contributed by atoms with Crippen LogP contribution < -0.4 is 18.9 Å². The van der Waals surface area contributed by atoms with E-state index in [1.807, 2.05) is 49.4 Å². The molecule has 7 heteroatoms. The summed E-state index contributed by atoms with van der Waals surface area (Å²) < 4.78 is 25.2. The summed E-state index contributed by atoms with van der Waals surface area (Å²) in [6, 6.07) is 16.1. The van der Waals surface area contributed by atoms with Crippen molar-refractivity contribution in [1.29, 1.82) is 0 Å². The van der Waals surface area contributed by atoms with Gasteiger partial charge in [0.05, 0.1) is 19.8 Å². The minimum atomic E-state index is -0.105. The van der Waals surface area contributed by atoms with Crippen molar-refractivity contribution in [2.75, 3.05) is 27.5 Å². The van der Waals surface area contributed by atoms with Crippen molar-refractivity contribution in [3.05, 3.63) is 88.3 Å². The van der Waals surface area contributed by atoms with Crippen molar-refractivity contribution in [2.45, 2.75) is 33.4 Å². The van der Waals surface area contributed by atoms with Crippen molar-refractivity contribution in [3.8, 4) is 23.0 Å². The van der Waals surface area contributed by atoms with Crippen LogP contribution in [0.15, 0.2) is 60.5 Å². The number of nitrogens with zero attached hydrogens (tertiary/aromatic N) is 2. The predicted molar refractivity (Wildman–Crippen MR) is 151 cm³/mol. The molecule has 0 N–H and O–H groups in total. The fraction of sp³-hybridized carbons (Fsp3) is 0.281.